The average Bonchev–Trinajstić information content (AvgIpc) is 3.41. The number of fused-ring (bicyclic) bond motifs is 1. The standard InChI is InChI=1S/C28H28N3/c1-20(2)23-11-5-6-12-25(23)31-27-14-8-7-13-26(27)29(4)28(31)24-19-22(16-15-21(24)3)30-17-9-10-18-30/h5-20H,1-4H3/q+1. The van der Waals surface area contributed by atoms with E-state index in [-0.39, 0.29) is 0 Å². The summed E-state index contributed by atoms with van der Waals surface area (Å²) in [5.41, 5.74) is 8.71. The molecule has 3 nitrogen and oxygen atoms in total. The molecule has 0 aliphatic rings. The van der Waals surface area contributed by atoms with Crippen molar-refractivity contribution in [3.05, 3.63) is 102 Å². The van der Waals surface area contributed by atoms with Gasteiger partial charge in [-0.3, -0.25) is 0 Å². The second kappa shape index (κ2) is 7.59. The monoisotopic (exact) mass is 406 g/mol. The lowest BCUT2D eigenvalue weighted by Gasteiger charge is -2.13. The lowest BCUT2D eigenvalue weighted by atomic mass is 10.0. The van der Waals surface area contributed by atoms with Crippen LogP contribution in [0.2, 0.25) is 0 Å². The largest absolute Gasteiger partial charge is 0.324 e. The molecule has 0 fully saturated rings. The molecule has 0 aliphatic heterocycles. The van der Waals surface area contributed by atoms with Crippen molar-refractivity contribution < 1.29 is 4.57 Å². The molecule has 2 aromatic heterocycles. The Morgan fingerprint density at radius 2 is 1.52 bits per heavy atom. The highest BCUT2D eigenvalue weighted by Crippen LogP contribution is 2.33. The number of aromatic nitrogens is 3. The van der Waals surface area contributed by atoms with E-state index in [0.717, 1.165) is 0 Å². The average molecular weight is 407 g/mol. The molecule has 2 heterocycles. The smallest absolute Gasteiger partial charge is 0.295 e. The van der Waals surface area contributed by atoms with Crippen LogP contribution in [0.1, 0.15) is 30.9 Å². The number of rotatable bonds is 4. The molecular weight excluding hydrogens is 378 g/mol. The maximum Gasteiger partial charge on any atom is 0.295 e. The van der Waals surface area contributed by atoms with Crippen molar-refractivity contribution in [3.8, 4) is 22.8 Å². The van der Waals surface area contributed by atoms with Crippen LogP contribution in [-0.2, 0) is 7.05 Å². The van der Waals surface area contributed by atoms with Crippen LogP contribution in [0.5, 0.6) is 0 Å². The van der Waals surface area contributed by atoms with Crippen molar-refractivity contribution >= 4 is 11.0 Å². The summed E-state index contributed by atoms with van der Waals surface area (Å²) < 4.78 is 6.93. The minimum absolute atomic E-state index is 0.433. The van der Waals surface area contributed by atoms with Crippen molar-refractivity contribution in [3.63, 3.8) is 0 Å². The van der Waals surface area contributed by atoms with Gasteiger partial charge in [-0.05, 0) is 60.9 Å². The Hall–Kier alpha value is -3.59. The number of hydrogen-bond donors (Lipinski definition) is 0. The third-order valence-corrected chi connectivity index (χ3v) is 6.18. The zero-order valence-electron chi connectivity index (χ0n) is 18.6. The summed E-state index contributed by atoms with van der Waals surface area (Å²) in [6, 6.07) is 28.3. The number of aryl methyl sites for hydroxylation is 2. The molecule has 5 aromatic rings. The zero-order chi connectivity index (χ0) is 21.5. The van der Waals surface area contributed by atoms with E-state index in [2.05, 4.69) is 133 Å². The van der Waals surface area contributed by atoms with Gasteiger partial charge in [0.15, 0.2) is 11.0 Å². The zero-order valence-corrected chi connectivity index (χ0v) is 18.6. The summed E-state index contributed by atoms with van der Waals surface area (Å²) in [6.07, 6.45) is 4.19. The van der Waals surface area contributed by atoms with Crippen LogP contribution in [-0.4, -0.2) is 9.13 Å². The van der Waals surface area contributed by atoms with Gasteiger partial charge in [0.1, 0.15) is 5.69 Å². The molecule has 0 N–H and O–H groups in total. The second-order valence-electron chi connectivity index (χ2n) is 8.51. The molecule has 31 heavy (non-hydrogen) atoms. The maximum atomic E-state index is 2.44. The Morgan fingerprint density at radius 3 is 2.29 bits per heavy atom. The topological polar surface area (TPSA) is 13.7 Å². The number of hydrogen-bond acceptors (Lipinski definition) is 0. The van der Waals surface area contributed by atoms with Crippen LogP contribution < -0.4 is 4.57 Å². The van der Waals surface area contributed by atoms with Gasteiger partial charge in [0.05, 0.1) is 12.6 Å². The van der Waals surface area contributed by atoms with Crippen LogP contribution in [0.3, 0.4) is 0 Å². The van der Waals surface area contributed by atoms with Gasteiger partial charge in [0.25, 0.3) is 5.82 Å². The molecule has 0 unspecified atom stereocenters. The first-order valence-corrected chi connectivity index (χ1v) is 10.9. The fourth-order valence-corrected chi connectivity index (χ4v) is 4.56. The number of benzene rings is 3. The quantitative estimate of drug-likeness (QED) is 0.309. The van der Waals surface area contributed by atoms with Gasteiger partial charge in [-0.2, -0.15) is 4.57 Å². The van der Waals surface area contributed by atoms with Crippen LogP contribution in [0.25, 0.3) is 33.8 Å². The van der Waals surface area contributed by atoms with E-state index in [1.807, 2.05) is 0 Å². The normalized spacial score (nSPS) is 11.5. The van der Waals surface area contributed by atoms with Gasteiger partial charge < -0.3 is 4.57 Å². The van der Waals surface area contributed by atoms with Crippen LogP contribution in [0, 0.1) is 6.92 Å². The second-order valence-corrected chi connectivity index (χ2v) is 8.51. The molecule has 5 rings (SSSR count). The van der Waals surface area contributed by atoms with Crippen molar-refractivity contribution in [1.29, 1.82) is 0 Å². The number of imidazole rings is 1. The Kier molecular flexibility index (Phi) is 4.74. The molecule has 0 spiro atoms. The summed E-state index contributed by atoms with van der Waals surface area (Å²) in [5.74, 6) is 1.63. The highest BCUT2D eigenvalue weighted by molar-refractivity contribution is 5.80. The van der Waals surface area contributed by atoms with Gasteiger partial charge in [-0.1, -0.05) is 50.2 Å². The molecule has 0 saturated carbocycles. The first-order chi connectivity index (χ1) is 15.1. The molecule has 0 amide bonds. The Bertz CT molecular complexity index is 1370. The summed E-state index contributed by atoms with van der Waals surface area (Å²) >= 11 is 0. The summed E-state index contributed by atoms with van der Waals surface area (Å²) in [6.45, 7) is 6.73. The van der Waals surface area contributed by atoms with E-state index in [9.17, 15) is 0 Å². The summed E-state index contributed by atoms with van der Waals surface area (Å²) in [5, 5.41) is 0. The minimum atomic E-state index is 0.433. The number of para-hydroxylation sites is 3. The first kappa shape index (κ1) is 19.4. The van der Waals surface area contributed by atoms with Gasteiger partial charge in [-0.15, -0.1) is 0 Å². The van der Waals surface area contributed by atoms with Crippen molar-refractivity contribution in [2.45, 2.75) is 26.7 Å². The molecular formula is C28H28N3+. The minimum Gasteiger partial charge on any atom is -0.324 e. The predicted octanol–water partition coefficient (Wildman–Crippen LogP) is 6.34. The van der Waals surface area contributed by atoms with E-state index in [1.165, 1.54) is 44.9 Å². The van der Waals surface area contributed by atoms with Gasteiger partial charge in [0, 0.05) is 23.6 Å². The lowest BCUT2D eigenvalue weighted by Crippen LogP contribution is -2.30. The van der Waals surface area contributed by atoms with Crippen LogP contribution >= 0.6 is 0 Å². The molecule has 0 radical (unpaired) electrons. The van der Waals surface area contributed by atoms with Crippen LogP contribution in [0.4, 0.5) is 0 Å². The molecule has 0 atom stereocenters. The fraction of sp³-hybridized carbons (Fsp3) is 0.179. The van der Waals surface area contributed by atoms with Crippen molar-refractivity contribution in [2.24, 2.45) is 7.05 Å². The Labute approximate surface area is 183 Å². The highest BCUT2D eigenvalue weighted by atomic mass is 15.2. The molecule has 154 valence electrons. The van der Waals surface area contributed by atoms with E-state index < -0.39 is 0 Å². The fourth-order valence-electron chi connectivity index (χ4n) is 4.56. The molecule has 3 aromatic carbocycles. The third kappa shape index (κ3) is 3.17. The highest BCUT2D eigenvalue weighted by Gasteiger charge is 2.28. The SMILES string of the molecule is Cc1ccc(-n2cccc2)cc1-c1n(-c2ccccc2C(C)C)c2ccccc2[n+]1C. The Morgan fingerprint density at radius 1 is 0.806 bits per heavy atom. The molecule has 0 aliphatic carbocycles. The van der Waals surface area contributed by atoms with Gasteiger partial charge in [-0.25, -0.2) is 4.57 Å². The molecule has 0 saturated heterocycles. The maximum absolute atomic E-state index is 2.44. The Balaban J connectivity index is 1.87. The predicted molar refractivity (Wildman–Crippen MR) is 128 cm³/mol. The van der Waals surface area contributed by atoms with Crippen LogP contribution in [0.15, 0.2) is 91.3 Å². The first-order valence-electron chi connectivity index (χ1n) is 10.9. The summed E-state index contributed by atoms with van der Waals surface area (Å²) in [7, 11) is 2.17. The van der Waals surface area contributed by atoms with Crippen molar-refractivity contribution in [1.82, 2.24) is 9.13 Å². The lowest BCUT2D eigenvalue weighted by molar-refractivity contribution is -0.633. The molecule has 3 heteroatoms. The third-order valence-electron chi connectivity index (χ3n) is 6.18. The van der Waals surface area contributed by atoms with Crippen molar-refractivity contribution in [2.75, 3.05) is 0 Å². The summed E-state index contributed by atoms with van der Waals surface area (Å²) in [4.78, 5) is 0. The number of nitrogens with zero attached hydrogens (tertiary/aromatic N) is 3. The van der Waals surface area contributed by atoms with Gasteiger partial charge >= 0.3 is 0 Å². The van der Waals surface area contributed by atoms with E-state index >= 15 is 0 Å². The van der Waals surface area contributed by atoms with E-state index in [0.29, 0.717) is 5.92 Å². The molecule has 0 bridgehead atoms. The van der Waals surface area contributed by atoms with Gasteiger partial charge in [0.2, 0.25) is 0 Å². The van der Waals surface area contributed by atoms with E-state index in [1.54, 1.807) is 0 Å². The van der Waals surface area contributed by atoms with E-state index in [4.69, 9.17) is 0 Å².